The number of pyridine rings is 1. The van der Waals surface area contributed by atoms with Gasteiger partial charge in [0.05, 0.1) is 0 Å². The Morgan fingerprint density at radius 2 is 1.94 bits per heavy atom. The predicted molar refractivity (Wildman–Crippen MR) is 125 cm³/mol. The van der Waals surface area contributed by atoms with Gasteiger partial charge in [0, 0.05) is 44.7 Å². The number of hydrogen-bond acceptors (Lipinski definition) is 7. The first-order valence-electron chi connectivity index (χ1n) is 10.7. The van der Waals surface area contributed by atoms with Gasteiger partial charge in [-0.05, 0) is 41.4 Å². The number of carbonyl (C=O) groups is 1. The van der Waals surface area contributed by atoms with E-state index >= 15 is 0 Å². The molecule has 2 heterocycles. The number of hydrogen-bond donors (Lipinski definition) is 1. The molecule has 0 atom stereocenters. The van der Waals surface area contributed by atoms with Crippen LogP contribution in [-0.2, 0) is 11.5 Å². The molecule has 170 valence electrons. The summed E-state index contributed by atoms with van der Waals surface area (Å²) in [6.07, 6.45) is 3.81. The second-order valence-corrected chi connectivity index (χ2v) is 14.3. The van der Waals surface area contributed by atoms with E-state index in [4.69, 9.17) is 9.47 Å². The van der Waals surface area contributed by atoms with Gasteiger partial charge in [-0.15, -0.1) is 15.0 Å². The maximum Gasteiger partial charge on any atom is 0.412 e. The summed E-state index contributed by atoms with van der Waals surface area (Å²) >= 11 is 0. The molecule has 0 radical (unpaired) electrons. The van der Waals surface area contributed by atoms with Gasteiger partial charge < -0.3 is 14.8 Å². The first-order chi connectivity index (χ1) is 15.3. The second-order valence-electron chi connectivity index (χ2n) is 8.64. The lowest BCUT2D eigenvalue weighted by Crippen LogP contribution is -2.27. The Balaban J connectivity index is 1.66. The Labute approximate surface area is 189 Å². The molecule has 32 heavy (non-hydrogen) atoms. The van der Waals surface area contributed by atoms with Crippen molar-refractivity contribution in [1.29, 1.82) is 0 Å². The van der Waals surface area contributed by atoms with Crippen molar-refractivity contribution >= 4 is 14.2 Å². The molecule has 0 aliphatic rings. The quantitative estimate of drug-likeness (QED) is 0.361. The Morgan fingerprint density at radius 3 is 2.72 bits per heavy atom. The van der Waals surface area contributed by atoms with E-state index in [2.05, 4.69) is 45.4 Å². The van der Waals surface area contributed by atoms with Crippen LogP contribution in [0.1, 0.15) is 13.3 Å². The zero-order valence-electron chi connectivity index (χ0n) is 19.0. The van der Waals surface area contributed by atoms with Crippen LogP contribution in [0.15, 0.2) is 42.7 Å². The molecule has 0 aliphatic carbocycles. The molecular formula is C22H30N6O3Si. The number of carbonyl (C=O) groups excluding carboxylic acids is 1. The van der Waals surface area contributed by atoms with Crippen LogP contribution < -0.4 is 10.1 Å². The molecule has 9 nitrogen and oxygen atoms in total. The third kappa shape index (κ3) is 7.24. The number of aromatic nitrogens is 5. The van der Waals surface area contributed by atoms with Crippen LogP contribution >= 0.6 is 0 Å². The zero-order chi connectivity index (χ0) is 23.0. The Morgan fingerprint density at radius 1 is 1.12 bits per heavy atom. The smallest absolute Gasteiger partial charge is 0.410 e. The van der Waals surface area contributed by atoms with E-state index in [0.717, 1.165) is 29.2 Å². The van der Waals surface area contributed by atoms with Crippen molar-refractivity contribution in [2.75, 3.05) is 13.2 Å². The van der Waals surface area contributed by atoms with E-state index < -0.39 is 14.2 Å². The van der Waals surface area contributed by atoms with Crippen LogP contribution in [0.2, 0.25) is 25.7 Å². The van der Waals surface area contributed by atoms with Crippen LogP contribution in [-0.4, -0.2) is 52.5 Å². The minimum absolute atomic E-state index is 0.268. The van der Waals surface area contributed by atoms with Gasteiger partial charge in [0.15, 0.2) is 6.73 Å². The molecular weight excluding hydrogens is 424 g/mol. The van der Waals surface area contributed by atoms with E-state index in [1.165, 1.54) is 4.80 Å². The largest absolute Gasteiger partial charge is 0.412 e. The lowest BCUT2D eigenvalue weighted by Gasteiger charge is -2.14. The van der Waals surface area contributed by atoms with Crippen molar-refractivity contribution < 1.29 is 14.3 Å². The van der Waals surface area contributed by atoms with E-state index in [1.807, 2.05) is 25.1 Å². The third-order valence-electron chi connectivity index (χ3n) is 4.55. The van der Waals surface area contributed by atoms with Gasteiger partial charge in [0.1, 0.15) is 5.75 Å². The maximum atomic E-state index is 11.8. The monoisotopic (exact) mass is 454 g/mol. The van der Waals surface area contributed by atoms with Crippen molar-refractivity contribution in [1.82, 2.24) is 30.5 Å². The highest BCUT2D eigenvalue weighted by molar-refractivity contribution is 6.76. The summed E-state index contributed by atoms with van der Waals surface area (Å²) in [7, 11) is -1.13. The third-order valence-corrected chi connectivity index (χ3v) is 6.25. The normalized spacial score (nSPS) is 11.4. The van der Waals surface area contributed by atoms with Crippen LogP contribution in [0.3, 0.4) is 0 Å². The molecule has 0 spiro atoms. The molecule has 2 aromatic heterocycles. The van der Waals surface area contributed by atoms with Gasteiger partial charge in [-0.1, -0.05) is 38.7 Å². The lowest BCUT2D eigenvalue weighted by atomic mass is 10.1. The van der Waals surface area contributed by atoms with Crippen molar-refractivity contribution in [3.8, 4) is 28.3 Å². The maximum absolute atomic E-state index is 11.8. The number of ether oxygens (including phenoxy) is 2. The fourth-order valence-electron chi connectivity index (χ4n) is 2.77. The van der Waals surface area contributed by atoms with Gasteiger partial charge in [-0.25, -0.2) is 4.79 Å². The van der Waals surface area contributed by atoms with E-state index in [1.54, 1.807) is 24.5 Å². The highest BCUT2D eigenvalue weighted by atomic mass is 28.3. The number of nitrogens with one attached hydrogen (secondary N) is 1. The molecule has 3 aromatic rings. The zero-order valence-corrected chi connectivity index (χ0v) is 20.0. The molecule has 0 aliphatic heterocycles. The van der Waals surface area contributed by atoms with Gasteiger partial charge >= 0.3 is 6.09 Å². The fraction of sp³-hybridized carbons (Fsp3) is 0.409. The van der Waals surface area contributed by atoms with Crippen LogP contribution in [0, 0.1) is 0 Å². The molecule has 0 saturated carbocycles. The van der Waals surface area contributed by atoms with Crippen molar-refractivity contribution in [2.24, 2.45) is 0 Å². The minimum atomic E-state index is -1.13. The van der Waals surface area contributed by atoms with Gasteiger partial charge in [0.2, 0.25) is 5.82 Å². The van der Waals surface area contributed by atoms with Crippen LogP contribution in [0.5, 0.6) is 5.75 Å². The molecule has 1 N–H and O–H groups in total. The van der Waals surface area contributed by atoms with Crippen LogP contribution in [0.25, 0.3) is 22.5 Å². The van der Waals surface area contributed by atoms with Gasteiger partial charge in [-0.2, -0.15) is 0 Å². The number of rotatable bonds is 10. The second kappa shape index (κ2) is 11.0. The molecule has 10 heteroatoms. The summed E-state index contributed by atoms with van der Waals surface area (Å²) in [5.41, 5.74) is 2.45. The fourth-order valence-corrected chi connectivity index (χ4v) is 3.52. The summed E-state index contributed by atoms with van der Waals surface area (Å²) in [6.45, 7) is 10.4. The SMILES string of the molecule is CCCNC(=O)Oc1cccc(-c2cncc(-c3nnn(COCC[Si](C)(C)C)n3)c2)c1. The number of amides is 1. The van der Waals surface area contributed by atoms with Gasteiger partial charge in [-0.3, -0.25) is 4.98 Å². The van der Waals surface area contributed by atoms with E-state index in [-0.39, 0.29) is 6.73 Å². The van der Waals surface area contributed by atoms with Crippen molar-refractivity contribution in [3.63, 3.8) is 0 Å². The predicted octanol–water partition coefficient (Wildman–Crippen LogP) is 4.21. The summed E-state index contributed by atoms with van der Waals surface area (Å²) < 4.78 is 11.0. The Kier molecular flexibility index (Phi) is 8.07. The van der Waals surface area contributed by atoms with Crippen molar-refractivity contribution in [2.45, 2.75) is 45.8 Å². The molecule has 1 aromatic carbocycles. The lowest BCUT2D eigenvalue weighted by molar-refractivity contribution is 0.0674. The number of tetrazole rings is 1. The number of nitrogens with zero attached hydrogens (tertiary/aromatic N) is 5. The summed E-state index contributed by atoms with van der Waals surface area (Å²) in [4.78, 5) is 17.6. The number of benzene rings is 1. The topological polar surface area (TPSA) is 104 Å². The highest BCUT2D eigenvalue weighted by Crippen LogP contribution is 2.26. The molecule has 0 fully saturated rings. The average molecular weight is 455 g/mol. The average Bonchev–Trinajstić information content (AvgIpc) is 3.24. The van der Waals surface area contributed by atoms with E-state index in [0.29, 0.717) is 24.7 Å². The minimum Gasteiger partial charge on any atom is -0.410 e. The Bertz CT molecular complexity index is 1030. The first kappa shape index (κ1) is 23.5. The molecule has 1 amide bonds. The highest BCUT2D eigenvalue weighted by Gasteiger charge is 2.13. The summed E-state index contributed by atoms with van der Waals surface area (Å²) in [6, 6.07) is 10.3. The molecule has 0 unspecified atom stereocenters. The first-order valence-corrected chi connectivity index (χ1v) is 14.4. The summed E-state index contributed by atoms with van der Waals surface area (Å²) in [5.74, 6) is 0.931. The molecule has 3 rings (SSSR count). The van der Waals surface area contributed by atoms with E-state index in [9.17, 15) is 4.79 Å². The standard InChI is InChI=1S/C22H30N6O3Si/c1-5-9-24-22(29)31-20-8-6-7-17(13-20)18-12-19(15-23-14-18)21-25-27-28(26-21)16-30-10-11-32(2,3)4/h6-8,12-15H,5,9-11,16H2,1-4H3,(H,24,29). The van der Waals surface area contributed by atoms with Gasteiger partial charge in [0.25, 0.3) is 0 Å². The molecule has 0 bridgehead atoms. The molecule has 0 saturated heterocycles. The summed E-state index contributed by atoms with van der Waals surface area (Å²) in [5, 5.41) is 15.3. The van der Waals surface area contributed by atoms with Crippen LogP contribution in [0.4, 0.5) is 4.79 Å². The van der Waals surface area contributed by atoms with Crippen molar-refractivity contribution in [3.05, 3.63) is 42.7 Å². The Hall–Kier alpha value is -3.11.